The summed E-state index contributed by atoms with van der Waals surface area (Å²) in [5, 5.41) is 12.1. The highest BCUT2D eigenvalue weighted by atomic mass is 32.2. The number of para-hydroxylation sites is 2. The van der Waals surface area contributed by atoms with Gasteiger partial charge in [0.25, 0.3) is 5.91 Å². The van der Waals surface area contributed by atoms with E-state index in [1.165, 1.54) is 45.9 Å². The van der Waals surface area contributed by atoms with Gasteiger partial charge in [0.15, 0.2) is 11.0 Å². The van der Waals surface area contributed by atoms with Crippen LogP contribution in [0.5, 0.6) is 0 Å². The number of hydrogen-bond donors (Lipinski definition) is 1. The van der Waals surface area contributed by atoms with E-state index < -0.39 is 10.0 Å². The Kier molecular flexibility index (Phi) is 9.10. The van der Waals surface area contributed by atoms with Crippen molar-refractivity contribution in [2.45, 2.75) is 48.7 Å². The SMILES string of the molecule is O=C(NCc1nnc(SCC(=O)N2CCCc3ccccc32)n1-c1ccccc1)c1ccc(S(=O)(=O)N2CCCCC2)cc1. The van der Waals surface area contributed by atoms with Crippen molar-refractivity contribution in [2.24, 2.45) is 0 Å². The lowest BCUT2D eigenvalue weighted by molar-refractivity contribution is -0.116. The number of nitrogens with zero attached hydrogens (tertiary/aromatic N) is 5. The molecule has 0 unspecified atom stereocenters. The van der Waals surface area contributed by atoms with E-state index in [-0.39, 0.29) is 29.0 Å². The molecule has 0 radical (unpaired) electrons. The first-order chi connectivity index (χ1) is 21.4. The number of anilines is 1. The van der Waals surface area contributed by atoms with Crippen molar-refractivity contribution in [1.29, 1.82) is 0 Å². The van der Waals surface area contributed by atoms with Gasteiger partial charge in [-0.3, -0.25) is 14.2 Å². The van der Waals surface area contributed by atoms with Gasteiger partial charge in [-0.25, -0.2) is 8.42 Å². The van der Waals surface area contributed by atoms with Crippen LogP contribution >= 0.6 is 11.8 Å². The first kappa shape index (κ1) is 30.0. The summed E-state index contributed by atoms with van der Waals surface area (Å²) in [5.74, 6) is 0.346. The fraction of sp³-hybridized carbons (Fsp3) is 0.312. The average Bonchev–Trinajstić information content (AvgIpc) is 3.49. The van der Waals surface area contributed by atoms with Gasteiger partial charge in [0.2, 0.25) is 15.9 Å². The molecule has 12 heteroatoms. The third-order valence-electron chi connectivity index (χ3n) is 7.93. The molecule has 3 heterocycles. The van der Waals surface area contributed by atoms with Gasteiger partial charge in [-0.15, -0.1) is 10.2 Å². The Morgan fingerprint density at radius 3 is 2.32 bits per heavy atom. The van der Waals surface area contributed by atoms with Crippen LogP contribution in [0.4, 0.5) is 5.69 Å². The molecule has 228 valence electrons. The molecule has 0 atom stereocenters. The van der Waals surface area contributed by atoms with Crippen LogP contribution in [0.25, 0.3) is 5.69 Å². The number of amides is 2. The molecule has 44 heavy (non-hydrogen) atoms. The molecule has 0 spiro atoms. The van der Waals surface area contributed by atoms with Crippen molar-refractivity contribution < 1.29 is 18.0 Å². The van der Waals surface area contributed by atoms with Crippen molar-refractivity contribution in [3.8, 4) is 5.69 Å². The zero-order chi connectivity index (χ0) is 30.5. The maximum atomic E-state index is 13.3. The number of piperidine rings is 1. The van der Waals surface area contributed by atoms with Crippen molar-refractivity contribution in [3.05, 3.63) is 95.8 Å². The Morgan fingerprint density at radius 1 is 0.818 bits per heavy atom. The number of sulfonamides is 1. The second-order valence-corrected chi connectivity index (χ2v) is 13.7. The minimum Gasteiger partial charge on any atom is -0.345 e. The van der Waals surface area contributed by atoms with Gasteiger partial charge in [-0.1, -0.05) is 54.6 Å². The van der Waals surface area contributed by atoms with Crippen LogP contribution < -0.4 is 10.2 Å². The predicted octanol–water partition coefficient (Wildman–Crippen LogP) is 4.44. The summed E-state index contributed by atoms with van der Waals surface area (Å²) < 4.78 is 29.3. The van der Waals surface area contributed by atoms with Crippen molar-refractivity contribution in [2.75, 3.05) is 30.3 Å². The third kappa shape index (κ3) is 6.42. The van der Waals surface area contributed by atoms with Crippen molar-refractivity contribution in [3.63, 3.8) is 0 Å². The highest BCUT2D eigenvalue weighted by molar-refractivity contribution is 7.99. The summed E-state index contributed by atoms with van der Waals surface area (Å²) in [7, 11) is -3.58. The number of nitrogens with one attached hydrogen (secondary N) is 1. The zero-order valence-electron chi connectivity index (χ0n) is 24.3. The number of thioether (sulfide) groups is 1. The number of carbonyl (C=O) groups is 2. The van der Waals surface area contributed by atoms with Crippen LogP contribution in [0.2, 0.25) is 0 Å². The van der Waals surface area contributed by atoms with Gasteiger partial charge >= 0.3 is 0 Å². The van der Waals surface area contributed by atoms with E-state index >= 15 is 0 Å². The van der Waals surface area contributed by atoms with Gasteiger partial charge in [0.05, 0.1) is 17.2 Å². The maximum Gasteiger partial charge on any atom is 0.251 e. The van der Waals surface area contributed by atoms with Crippen LogP contribution in [0.1, 0.15) is 47.4 Å². The van der Waals surface area contributed by atoms with E-state index in [4.69, 9.17) is 0 Å². The van der Waals surface area contributed by atoms with Crippen LogP contribution in [-0.2, 0) is 27.8 Å². The lowest BCUT2D eigenvalue weighted by Crippen LogP contribution is -2.36. The second kappa shape index (κ2) is 13.3. The summed E-state index contributed by atoms with van der Waals surface area (Å²) in [6, 6.07) is 23.6. The van der Waals surface area contributed by atoms with E-state index in [0.717, 1.165) is 43.5 Å². The van der Waals surface area contributed by atoms with Crippen LogP contribution in [-0.4, -0.2) is 64.7 Å². The number of fused-ring (bicyclic) bond motifs is 1. The lowest BCUT2D eigenvalue weighted by atomic mass is 10.0. The molecule has 1 fully saturated rings. The molecule has 1 aromatic heterocycles. The molecule has 2 amide bonds. The van der Waals surface area contributed by atoms with Crippen molar-refractivity contribution in [1.82, 2.24) is 24.4 Å². The fourth-order valence-electron chi connectivity index (χ4n) is 5.64. The Morgan fingerprint density at radius 2 is 1.55 bits per heavy atom. The van der Waals surface area contributed by atoms with Gasteiger partial charge in [-0.05, 0) is 73.7 Å². The van der Waals surface area contributed by atoms with Crippen molar-refractivity contribution >= 4 is 39.3 Å². The highest BCUT2D eigenvalue weighted by Gasteiger charge is 2.27. The summed E-state index contributed by atoms with van der Waals surface area (Å²) in [6.07, 6.45) is 4.64. The summed E-state index contributed by atoms with van der Waals surface area (Å²) >= 11 is 1.31. The van der Waals surface area contributed by atoms with E-state index in [0.29, 0.717) is 36.2 Å². The summed E-state index contributed by atoms with van der Waals surface area (Å²) in [4.78, 5) is 28.4. The molecular weight excluding hydrogens is 597 g/mol. The average molecular weight is 631 g/mol. The summed E-state index contributed by atoms with van der Waals surface area (Å²) in [6.45, 7) is 1.81. The molecule has 4 aromatic rings. The molecule has 3 aromatic carbocycles. The standard InChI is InChI=1S/C32H34N6O4S2/c39-30(37-21-9-11-24-10-5-6-14-28(24)37)23-43-32-35-34-29(38(32)26-12-3-1-4-13-26)22-33-31(40)25-15-17-27(18-16-25)44(41,42)36-19-7-2-8-20-36/h1,3-6,10,12-18H,2,7-9,11,19-23H2,(H,33,40). The predicted molar refractivity (Wildman–Crippen MR) is 169 cm³/mol. The number of aryl methyl sites for hydroxylation is 1. The molecule has 1 saturated heterocycles. The van der Waals surface area contributed by atoms with E-state index in [9.17, 15) is 18.0 Å². The molecule has 0 aliphatic carbocycles. The molecule has 0 bridgehead atoms. The Hall–Kier alpha value is -4.00. The number of hydrogen-bond acceptors (Lipinski definition) is 7. The van der Waals surface area contributed by atoms with E-state index in [1.54, 1.807) is 0 Å². The molecular formula is C32H34N6O4S2. The van der Waals surface area contributed by atoms with Gasteiger partial charge < -0.3 is 10.2 Å². The van der Waals surface area contributed by atoms with Crippen LogP contribution in [0, 0.1) is 0 Å². The quantitative estimate of drug-likeness (QED) is 0.272. The first-order valence-electron chi connectivity index (χ1n) is 14.8. The summed E-state index contributed by atoms with van der Waals surface area (Å²) in [5.41, 5.74) is 3.30. The molecule has 2 aliphatic heterocycles. The van der Waals surface area contributed by atoms with Gasteiger partial charge in [-0.2, -0.15) is 4.31 Å². The molecule has 1 N–H and O–H groups in total. The monoisotopic (exact) mass is 630 g/mol. The fourth-order valence-corrected chi connectivity index (χ4v) is 8.00. The number of aromatic nitrogens is 3. The number of rotatable bonds is 9. The lowest BCUT2D eigenvalue weighted by Gasteiger charge is -2.29. The second-order valence-electron chi connectivity index (χ2n) is 10.8. The smallest absolute Gasteiger partial charge is 0.251 e. The van der Waals surface area contributed by atoms with Crippen LogP contribution in [0.3, 0.4) is 0 Å². The molecule has 10 nitrogen and oxygen atoms in total. The van der Waals surface area contributed by atoms with E-state index in [2.05, 4.69) is 21.6 Å². The van der Waals surface area contributed by atoms with Gasteiger partial charge in [0, 0.05) is 36.6 Å². The highest BCUT2D eigenvalue weighted by Crippen LogP contribution is 2.29. The van der Waals surface area contributed by atoms with E-state index in [1.807, 2.05) is 58.0 Å². The third-order valence-corrected chi connectivity index (χ3v) is 10.8. The maximum absolute atomic E-state index is 13.3. The Bertz CT molecular complexity index is 1740. The Balaban J connectivity index is 1.14. The minimum absolute atomic E-state index is 0.00497. The topological polar surface area (TPSA) is 117 Å². The molecule has 6 rings (SSSR count). The van der Waals surface area contributed by atoms with Gasteiger partial charge in [0.1, 0.15) is 0 Å². The Labute approximate surface area is 261 Å². The number of carbonyl (C=O) groups excluding carboxylic acids is 2. The molecule has 2 aliphatic rings. The minimum atomic E-state index is -3.58. The zero-order valence-corrected chi connectivity index (χ0v) is 25.9. The first-order valence-corrected chi connectivity index (χ1v) is 17.2. The normalized spacial score (nSPS) is 15.5. The van der Waals surface area contributed by atoms with Crippen LogP contribution in [0.15, 0.2) is 88.9 Å². The number of benzene rings is 3. The largest absolute Gasteiger partial charge is 0.345 e. The molecule has 0 saturated carbocycles.